The van der Waals surface area contributed by atoms with Crippen LogP contribution < -0.4 is 0 Å². The Labute approximate surface area is 143 Å². The highest BCUT2D eigenvalue weighted by Crippen LogP contribution is 2.56. The van der Waals surface area contributed by atoms with Gasteiger partial charge in [-0.15, -0.1) is 0 Å². The minimum absolute atomic E-state index is 0.0409. The molecule has 1 aliphatic heterocycles. The second kappa shape index (κ2) is 5.56. The summed E-state index contributed by atoms with van der Waals surface area (Å²) in [5.74, 6) is 2.02. The highest BCUT2D eigenvalue weighted by atomic mass is 16.1. The molecule has 3 fully saturated rings. The molecule has 2 bridgehead atoms. The highest BCUT2D eigenvalue weighted by Gasteiger charge is 2.59. The van der Waals surface area contributed by atoms with E-state index in [-0.39, 0.29) is 12.1 Å². The molecule has 3 aliphatic rings. The minimum Gasteiger partial charge on any atom is -0.292 e. The molecule has 2 heteroatoms. The van der Waals surface area contributed by atoms with E-state index in [1.165, 1.54) is 31.2 Å². The Bertz CT molecular complexity index is 741. The van der Waals surface area contributed by atoms with Gasteiger partial charge in [-0.1, -0.05) is 67.1 Å². The summed E-state index contributed by atoms with van der Waals surface area (Å²) in [6.07, 6.45) is 5.45. The first-order valence-electron chi connectivity index (χ1n) is 9.24. The molecular formula is C22H23NO. The van der Waals surface area contributed by atoms with Crippen molar-refractivity contribution in [1.82, 2.24) is 4.90 Å². The molecule has 0 aromatic heterocycles. The molecule has 2 aromatic carbocycles. The fourth-order valence-electron chi connectivity index (χ4n) is 5.29. The zero-order valence-corrected chi connectivity index (χ0v) is 13.8. The molecular weight excluding hydrogens is 294 g/mol. The van der Waals surface area contributed by atoms with E-state index in [9.17, 15) is 4.79 Å². The van der Waals surface area contributed by atoms with Gasteiger partial charge in [-0.25, -0.2) is 0 Å². The number of ketones is 1. The molecule has 1 heterocycles. The van der Waals surface area contributed by atoms with Crippen molar-refractivity contribution in [2.45, 2.75) is 43.8 Å². The van der Waals surface area contributed by atoms with Crippen molar-refractivity contribution in [3.8, 4) is 0 Å². The van der Waals surface area contributed by atoms with Gasteiger partial charge in [0.15, 0.2) is 5.78 Å². The SMILES string of the molecule is O=C(c1ccccc1)[C@H]1[C@H](c2ccccc2)N1[C@@H]1C[C@@H]2CC[C@H]1C2. The maximum absolute atomic E-state index is 13.1. The van der Waals surface area contributed by atoms with E-state index >= 15 is 0 Å². The maximum Gasteiger partial charge on any atom is 0.181 e. The van der Waals surface area contributed by atoms with E-state index in [1.807, 2.05) is 30.3 Å². The summed E-state index contributed by atoms with van der Waals surface area (Å²) in [5, 5.41) is 0. The summed E-state index contributed by atoms with van der Waals surface area (Å²) in [5.41, 5.74) is 2.16. The standard InChI is InChI=1S/C22H23NO/c24-22(17-9-5-2-6-10-17)21-20(16-7-3-1-4-8-16)23(21)19-14-15-11-12-18(19)13-15/h1-10,15,18-21H,11-14H2/t15-,18+,19-,20+,21-,23?/m1/s1. The molecule has 24 heavy (non-hydrogen) atoms. The van der Waals surface area contributed by atoms with Crippen LogP contribution in [0.4, 0.5) is 0 Å². The average Bonchev–Trinajstić information content (AvgIpc) is 3.00. The van der Waals surface area contributed by atoms with Crippen molar-refractivity contribution in [2.75, 3.05) is 0 Å². The second-order valence-electron chi connectivity index (χ2n) is 7.72. The van der Waals surface area contributed by atoms with Crippen molar-refractivity contribution in [3.63, 3.8) is 0 Å². The third-order valence-electron chi connectivity index (χ3n) is 6.40. The van der Waals surface area contributed by atoms with Crippen molar-refractivity contribution < 1.29 is 4.79 Å². The molecule has 0 amide bonds. The van der Waals surface area contributed by atoms with E-state index in [2.05, 4.69) is 35.2 Å². The van der Waals surface area contributed by atoms with Gasteiger partial charge >= 0.3 is 0 Å². The Morgan fingerprint density at radius 2 is 1.58 bits per heavy atom. The smallest absolute Gasteiger partial charge is 0.181 e. The fourth-order valence-corrected chi connectivity index (χ4v) is 5.29. The van der Waals surface area contributed by atoms with Crippen LogP contribution >= 0.6 is 0 Å². The average molecular weight is 317 g/mol. The molecule has 2 aromatic rings. The van der Waals surface area contributed by atoms with Gasteiger partial charge in [-0.05, 0) is 36.7 Å². The number of Topliss-reactive ketones (excluding diaryl/α,β-unsaturated/α-hetero) is 1. The number of hydrogen-bond acceptors (Lipinski definition) is 2. The first kappa shape index (κ1) is 14.4. The summed E-state index contributed by atoms with van der Waals surface area (Å²) in [7, 11) is 0. The third-order valence-corrected chi connectivity index (χ3v) is 6.40. The quantitative estimate of drug-likeness (QED) is 0.612. The predicted octanol–water partition coefficient (Wildman–Crippen LogP) is 4.48. The fraction of sp³-hybridized carbons (Fsp3) is 0.409. The van der Waals surface area contributed by atoms with Crippen LogP contribution in [0, 0.1) is 11.8 Å². The van der Waals surface area contributed by atoms with E-state index in [0.29, 0.717) is 11.8 Å². The van der Waals surface area contributed by atoms with E-state index in [0.717, 1.165) is 17.4 Å². The number of benzene rings is 2. The van der Waals surface area contributed by atoms with Gasteiger partial charge in [0.2, 0.25) is 0 Å². The maximum atomic E-state index is 13.1. The zero-order chi connectivity index (χ0) is 16.1. The molecule has 1 saturated heterocycles. The summed E-state index contributed by atoms with van der Waals surface area (Å²) in [4.78, 5) is 15.7. The van der Waals surface area contributed by atoms with Crippen LogP contribution in [0.2, 0.25) is 0 Å². The number of hydrogen-bond donors (Lipinski definition) is 0. The van der Waals surface area contributed by atoms with Crippen LogP contribution in [0.1, 0.15) is 47.6 Å². The minimum atomic E-state index is 0.0409. The van der Waals surface area contributed by atoms with Gasteiger partial charge in [-0.3, -0.25) is 9.69 Å². The van der Waals surface area contributed by atoms with Crippen LogP contribution in [0.25, 0.3) is 0 Å². The van der Waals surface area contributed by atoms with Crippen LogP contribution in [0.5, 0.6) is 0 Å². The molecule has 2 saturated carbocycles. The van der Waals surface area contributed by atoms with Crippen molar-refractivity contribution in [2.24, 2.45) is 11.8 Å². The Balaban J connectivity index is 1.46. The van der Waals surface area contributed by atoms with Crippen molar-refractivity contribution >= 4 is 5.78 Å². The number of carbonyl (C=O) groups is 1. The summed E-state index contributed by atoms with van der Waals surface area (Å²) in [6.45, 7) is 0. The molecule has 0 radical (unpaired) electrons. The first-order chi connectivity index (χ1) is 11.8. The number of carbonyl (C=O) groups excluding carboxylic acids is 1. The predicted molar refractivity (Wildman–Crippen MR) is 94.8 cm³/mol. The molecule has 0 spiro atoms. The third kappa shape index (κ3) is 2.24. The van der Waals surface area contributed by atoms with Crippen molar-refractivity contribution in [1.29, 1.82) is 0 Å². The lowest BCUT2D eigenvalue weighted by Crippen LogP contribution is -2.29. The van der Waals surface area contributed by atoms with Crippen molar-refractivity contribution in [3.05, 3.63) is 71.8 Å². The number of nitrogens with zero attached hydrogens (tertiary/aromatic N) is 1. The van der Waals surface area contributed by atoms with Gasteiger partial charge < -0.3 is 0 Å². The molecule has 2 nitrogen and oxygen atoms in total. The number of fused-ring (bicyclic) bond motifs is 2. The lowest BCUT2D eigenvalue weighted by molar-refractivity contribution is 0.0960. The molecule has 122 valence electrons. The molecule has 6 atom stereocenters. The first-order valence-corrected chi connectivity index (χ1v) is 9.24. The lowest BCUT2D eigenvalue weighted by atomic mass is 9.95. The molecule has 1 unspecified atom stereocenters. The van der Waals surface area contributed by atoms with Gasteiger partial charge in [0.25, 0.3) is 0 Å². The van der Waals surface area contributed by atoms with Crippen LogP contribution in [0.3, 0.4) is 0 Å². The van der Waals surface area contributed by atoms with E-state index in [1.54, 1.807) is 0 Å². The van der Waals surface area contributed by atoms with Gasteiger partial charge in [0.1, 0.15) is 0 Å². The Morgan fingerprint density at radius 1 is 0.875 bits per heavy atom. The largest absolute Gasteiger partial charge is 0.292 e. The molecule has 2 aliphatic carbocycles. The normalized spacial score (nSPS) is 36.7. The van der Waals surface area contributed by atoms with E-state index < -0.39 is 0 Å². The molecule has 5 rings (SSSR count). The Morgan fingerprint density at radius 3 is 2.21 bits per heavy atom. The monoisotopic (exact) mass is 317 g/mol. The van der Waals surface area contributed by atoms with Gasteiger partial charge in [0.05, 0.1) is 12.1 Å². The highest BCUT2D eigenvalue weighted by molar-refractivity contribution is 6.02. The van der Waals surface area contributed by atoms with Crippen LogP contribution in [0.15, 0.2) is 60.7 Å². The summed E-state index contributed by atoms with van der Waals surface area (Å²) in [6, 6.07) is 21.4. The van der Waals surface area contributed by atoms with Crippen LogP contribution in [-0.4, -0.2) is 22.8 Å². The summed E-state index contributed by atoms with van der Waals surface area (Å²) >= 11 is 0. The topological polar surface area (TPSA) is 20.1 Å². The lowest BCUT2D eigenvalue weighted by Gasteiger charge is -2.24. The zero-order valence-electron chi connectivity index (χ0n) is 13.8. The summed E-state index contributed by atoms with van der Waals surface area (Å²) < 4.78 is 0. The Kier molecular flexibility index (Phi) is 3.34. The molecule has 0 N–H and O–H groups in total. The van der Waals surface area contributed by atoms with Crippen LogP contribution in [-0.2, 0) is 0 Å². The van der Waals surface area contributed by atoms with Gasteiger partial charge in [-0.2, -0.15) is 0 Å². The van der Waals surface area contributed by atoms with Gasteiger partial charge in [0, 0.05) is 11.6 Å². The Hall–Kier alpha value is -1.93. The second-order valence-corrected chi connectivity index (χ2v) is 7.72. The number of rotatable bonds is 4. The van der Waals surface area contributed by atoms with E-state index in [4.69, 9.17) is 0 Å².